The van der Waals surface area contributed by atoms with Crippen LogP contribution in [0.4, 0.5) is 10.5 Å². The number of halogens is 1. The molecule has 2 saturated heterocycles. The third kappa shape index (κ3) is 3.19. The fraction of sp³-hybridized carbons (Fsp3) is 0.375. The molecule has 166 valence electrons. The van der Waals surface area contributed by atoms with Crippen LogP contribution in [0.2, 0.25) is 5.02 Å². The van der Waals surface area contributed by atoms with Crippen molar-refractivity contribution in [2.45, 2.75) is 18.9 Å². The molecule has 0 saturated carbocycles. The van der Waals surface area contributed by atoms with Crippen LogP contribution < -0.4 is 10.2 Å². The van der Waals surface area contributed by atoms with Crippen molar-refractivity contribution >= 4 is 35.1 Å². The molecule has 2 atom stereocenters. The van der Waals surface area contributed by atoms with Crippen LogP contribution in [-0.2, 0) is 22.4 Å². The maximum atomic E-state index is 14.0. The zero-order valence-corrected chi connectivity index (χ0v) is 18.6. The molecule has 4 amide bonds. The Bertz CT molecular complexity index is 1090. The van der Waals surface area contributed by atoms with Crippen LogP contribution in [0.25, 0.3) is 0 Å². The second-order valence-electron chi connectivity index (χ2n) is 8.81. The molecule has 8 heteroatoms. The van der Waals surface area contributed by atoms with E-state index in [4.69, 9.17) is 11.6 Å². The third-order valence-electron chi connectivity index (χ3n) is 6.98. The summed E-state index contributed by atoms with van der Waals surface area (Å²) in [5, 5.41) is 3.03. The lowest BCUT2D eigenvalue weighted by atomic mass is 9.67. The monoisotopic (exact) mass is 452 g/mol. The standard InChI is InChI=1S/C24H25ClN4O3/c1-27-12-13-28-19-9-5-8-18(25)17(19)14-24(20(28)15-27)21(30)26-23(32)29(22(24)31)11-10-16-6-3-2-4-7-16/h2-9,20H,10-15H2,1H3,(H,26,30,32)/t20-,24-/m1/s1. The Morgan fingerprint density at radius 2 is 1.84 bits per heavy atom. The van der Waals surface area contributed by atoms with Crippen molar-refractivity contribution in [1.82, 2.24) is 15.1 Å². The van der Waals surface area contributed by atoms with Crippen LogP contribution in [0.3, 0.4) is 0 Å². The largest absolute Gasteiger partial charge is 0.364 e. The quantitative estimate of drug-likeness (QED) is 0.723. The summed E-state index contributed by atoms with van der Waals surface area (Å²) >= 11 is 6.55. The van der Waals surface area contributed by atoms with E-state index in [-0.39, 0.29) is 19.0 Å². The third-order valence-corrected chi connectivity index (χ3v) is 7.33. The minimum atomic E-state index is -1.41. The predicted octanol–water partition coefficient (Wildman–Crippen LogP) is 2.32. The molecule has 32 heavy (non-hydrogen) atoms. The number of carbonyl (C=O) groups excluding carboxylic acids is 3. The number of amides is 4. The lowest BCUT2D eigenvalue weighted by Gasteiger charge is -2.55. The maximum Gasteiger partial charge on any atom is 0.330 e. The number of piperazine rings is 1. The molecule has 2 fully saturated rings. The summed E-state index contributed by atoms with van der Waals surface area (Å²) in [6.07, 6.45) is 0.701. The molecule has 7 nitrogen and oxygen atoms in total. The lowest BCUT2D eigenvalue weighted by molar-refractivity contribution is -0.154. The number of imide groups is 2. The number of fused-ring (bicyclic) bond motifs is 4. The number of carbonyl (C=O) groups is 3. The van der Waals surface area contributed by atoms with Crippen molar-refractivity contribution in [1.29, 1.82) is 0 Å². The van der Waals surface area contributed by atoms with Crippen molar-refractivity contribution in [2.75, 3.05) is 38.1 Å². The van der Waals surface area contributed by atoms with Crippen LogP contribution in [0.5, 0.6) is 0 Å². The highest BCUT2D eigenvalue weighted by Crippen LogP contribution is 2.47. The van der Waals surface area contributed by atoms with E-state index < -0.39 is 23.3 Å². The van der Waals surface area contributed by atoms with Gasteiger partial charge in [0, 0.05) is 43.3 Å². The van der Waals surface area contributed by atoms with Gasteiger partial charge in [-0.2, -0.15) is 0 Å². The first-order valence-corrected chi connectivity index (χ1v) is 11.2. The number of hydrogen-bond donors (Lipinski definition) is 1. The van der Waals surface area contributed by atoms with E-state index >= 15 is 0 Å². The molecule has 1 N–H and O–H groups in total. The Hall–Kier alpha value is -2.90. The van der Waals surface area contributed by atoms with Gasteiger partial charge in [-0.15, -0.1) is 0 Å². The SMILES string of the molecule is CN1CCN2c3cccc(Cl)c3C[C@]3(C(=O)NC(=O)N(CCc4ccccc4)C3=O)[C@H]2C1. The Kier molecular flexibility index (Phi) is 5.18. The number of nitrogens with one attached hydrogen (secondary N) is 1. The average Bonchev–Trinajstić information content (AvgIpc) is 2.78. The fourth-order valence-corrected chi connectivity index (χ4v) is 5.50. The van der Waals surface area contributed by atoms with E-state index in [1.807, 2.05) is 49.5 Å². The van der Waals surface area contributed by atoms with Gasteiger partial charge >= 0.3 is 6.03 Å². The Morgan fingerprint density at radius 3 is 2.62 bits per heavy atom. The molecule has 1 spiro atoms. The number of benzene rings is 2. The number of anilines is 1. The number of hydrogen-bond acceptors (Lipinski definition) is 5. The fourth-order valence-electron chi connectivity index (χ4n) is 5.26. The van der Waals surface area contributed by atoms with Crippen molar-refractivity contribution < 1.29 is 14.4 Å². The van der Waals surface area contributed by atoms with Crippen LogP contribution in [0.1, 0.15) is 11.1 Å². The van der Waals surface area contributed by atoms with Gasteiger partial charge in [0.25, 0.3) is 0 Å². The van der Waals surface area contributed by atoms with Gasteiger partial charge in [0.15, 0.2) is 5.41 Å². The molecule has 0 radical (unpaired) electrons. The van der Waals surface area contributed by atoms with Gasteiger partial charge in [0.1, 0.15) is 0 Å². The number of barbiturate groups is 1. The van der Waals surface area contributed by atoms with Crippen molar-refractivity contribution in [2.24, 2.45) is 5.41 Å². The number of nitrogens with zero attached hydrogens (tertiary/aromatic N) is 3. The lowest BCUT2D eigenvalue weighted by Crippen LogP contribution is -2.75. The Labute approximate surface area is 191 Å². The van der Waals surface area contributed by atoms with Gasteiger partial charge in [0.2, 0.25) is 11.8 Å². The molecule has 0 aliphatic carbocycles. The first-order chi connectivity index (χ1) is 15.4. The summed E-state index contributed by atoms with van der Waals surface area (Å²) in [5.74, 6) is -0.961. The van der Waals surface area contributed by atoms with Gasteiger partial charge in [-0.05, 0) is 36.7 Å². The second-order valence-corrected chi connectivity index (χ2v) is 9.22. The average molecular weight is 453 g/mol. The van der Waals surface area contributed by atoms with Crippen LogP contribution in [-0.4, -0.2) is 66.9 Å². The number of rotatable bonds is 3. The minimum Gasteiger partial charge on any atom is -0.364 e. The van der Waals surface area contributed by atoms with Crippen LogP contribution in [0, 0.1) is 5.41 Å². The minimum absolute atomic E-state index is 0.177. The van der Waals surface area contributed by atoms with E-state index in [0.717, 1.165) is 23.4 Å². The summed E-state index contributed by atoms with van der Waals surface area (Å²) < 4.78 is 0. The zero-order chi connectivity index (χ0) is 22.5. The molecular weight excluding hydrogens is 428 g/mol. The van der Waals surface area contributed by atoms with Crippen LogP contribution in [0.15, 0.2) is 48.5 Å². The highest BCUT2D eigenvalue weighted by molar-refractivity contribution is 6.32. The molecule has 2 aromatic rings. The Morgan fingerprint density at radius 1 is 1.06 bits per heavy atom. The van der Waals surface area contributed by atoms with E-state index in [1.165, 1.54) is 4.90 Å². The summed E-state index contributed by atoms with van der Waals surface area (Å²) in [6, 6.07) is 14.3. The van der Waals surface area contributed by atoms with Crippen molar-refractivity contribution in [3.63, 3.8) is 0 Å². The maximum absolute atomic E-state index is 14.0. The molecular formula is C24H25ClN4O3. The van der Waals surface area contributed by atoms with Gasteiger partial charge in [-0.3, -0.25) is 19.8 Å². The molecule has 5 rings (SSSR count). The Balaban J connectivity index is 1.55. The second kappa shape index (κ2) is 7.90. The van der Waals surface area contributed by atoms with Gasteiger partial charge in [-0.25, -0.2) is 4.79 Å². The molecule has 0 aromatic heterocycles. The highest BCUT2D eigenvalue weighted by atomic mass is 35.5. The topological polar surface area (TPSA) is 73.0 Å². The molecule has 2 aromatic carbocycles. The van der Waals surface area contributed by atoms with Gasteiger partial charge < -0.3 is 9.80 Å². The van der Waals surface area contributed by atoms with Gasteiger partial charge in [-0.1, -0.05) is 48.0 Å². The van der Waals surface area contributed by atoms with Gasteiger partial charge in [0.05, 0.1) is 6.04 Å². The summed E-state index contributed by atoms with van der Waals surface area (Å²) in [7, 11) is 1.99. The van der Waals surface area contributed by atoms with E-state index in [9.17, 15) is 14.4 Å². The molecule has 0 unspecified atom stereocenters. The van der Waals surface area contributed by atoms with Crippen molar-refractivity contribution in [3.8, 4) is 0 Å². The molecule has 3 aliphatic rings. The van der Waals surface area contributed by atoms with Crippen LogP contribution >= 0.6 is 11.6 Å². The number of likely N-dealkylation sites (N-methyl/N-ethyl adjacent to an activating group) is 1. The zero-order valence-electron chi connectivity index (χ0n) is 17.9. The van der Waals surface area contributed by atoms with Crippen molar-refractivity contribution in [3.05, 3.63) is 64.7 Å². The smallest absolute Gasteiger partial charge is 0.330 e. The van der Waals surface area contributed by atoms with E-state index in [2.05, 4.69) is 15.1 Å². The normalized spacial score (nSPS) is 25.6. The van der Waals surface area contributed by atoms with E-state index in [0.29, 0.717) is 24.5 Å². The summed E-state index contributed by atoms with van der Waals surface area (Å²) in [5.41, 5.74) is 1.37. The highest BCUT2D eigenvalue weighted by Gasteiger charge is 2.62. The van der Waals surface area contributed by atoms with E-state index in [1.54, 1.807) is 6.07 Å². The molecule has 3 heterocycles. The summed E-state index contributed by atoms with van der Waals surface area (Å²) in [6.45, 7) is 2.24. The predicted molar refractivity (Wildman–Crippen MR) is 122 cm³/mol. The first-order valence-electron chi connectivity index (χ1n) is 10.9. The summed E-state index contributed by atoms with van der Waals surface area (Å²) in [4.78, 5) is 45.6. The number of urea groups is 1. The first kappa shape index (κ1) is 21.0. The molecule has 0 bridgehead atoms. The molecule has 3 aliphatic heterocycles.